The van der Waals surface area contributed by atoms with Gasteiger partial charge in [-0.25, -0.2) is 0 Å². The van der Waals surface area contributed by atoms with E-state index in [0.717, 1.165) is 23.5 Å². The minimum absolute atomic E-state index is 0.0788. The molecule has 1 atom stereocenters. The Balaban J connectivity index is 1.64. The largest absolute Gasteiger partial charge is 0.325 e. The van der Waals surface area contributed by atoms with Crippen molar-refractivity contribution in [2.45, 2.75) is 37.9 Å². The number of carbonyl (C=O) groups excluding carboxylic acids is 1. The van der Waals surface area contributed by atoms with Gasteiger partial charge < -0.3 is 5.32 Å². The molecule has 0 radical (unpaired) electrons. The Bertz CT molecular complexity index is 953. The lowest BCUT2D eigenvalue weighted by Crippen LogP contribution is -2.14. The average Bonchev–Trinajstić information content (AvgIpc) is 3.16. The van der Waals surface area contributed by atoms with Crippen molar-refractivity contribution in [3.8, 4) is 11.4 Å². The fourth-order valence-corrected chi connectivity index (χ4v) is 3.61. The summed E-state index contributed by atoms with van der Waals surface area (Å²) >= 11 is 1.36. The predicted molar refractivity (Wildman–Crippen MR) is 118 cm³/mol. The summed E-state index contributed by atoms with van der Waals surface area (Å²) in [6.45, 7) is 8.74. The molecule has 0 fully saturated rings. The van der Waals surface area contributed by atoms with Gasteiger partial charge in [-0.3, -0.25) is 14.3 Å². The molecule has 0 spiro atoms. The Morgan fingerprint density at radius 2 is 1.93 bits per heavy atom. The summed E-state index contributed by atoms with van der Waals surface area (Å²) in [5.41, 5.74) is 3.00. The summed E-state index contributed by atoms with van der Waals surface area (Å²) in [6, 6.07) is 11.8. The molecule has 2 aromatic heterocycles. The molecule has 1 N–H and O–H groups in total. The van der Waals surface area contributed by atoms with Crippen molar-refractivity contribution in [1.29, 1.82) is 0 Å². The van der Waals surface area contributed by atoms with E-state index in [1.165, 1.54) is 17.3 Å². The van der Waals surface area contributed by atoms with Crippen molar-refractivity contribution < 1.29 is 4.79 Å². The van der Waals surface area contributed by atoms with E-state index in [0.29, 0.717) is 17.6 Å². The summed E-state index contributed by atoms with van der Waals surface area (Å²) in [5, 5.41) is 12.2. The highest BCUT2D eigenvalue weighted by Crippen LogP contribution is 2.24. The van der Waals surface area contributed by atoms with Gasteiger partial charge in [0.25, 0.3) is 0 Å². The minimum atomic E-state index is -0.0788. The van der Waals surface area contributed by atoms with Crippen LogP contribution in [0.2, 0.25) is 0 Å². The number of carbonyl (C=O) groups is 1. The Morgan fingerprint density at radius 1 is 1.21 bits per heavy atom. The molecular formula is C22H25N5OS. The zero-order valence-electron chi connectivity index (χ0n) is 16.7. The smallest absolute Gasteiger partial charge is 0.234 e. The second kappa shape index (κ2) is 10.0. The maximum atomic E-state index is 12.4. The van der Waals surface area contributed by atoms with E-state index >= 15 is 0 Å². The summed E-state index contributed by atoms with van der Waals surface area (Å²) in [5.74, 6) is 1.42. The van der Waals surface area contributed by atoms with Gasteiger partial charge in [0.1, 0.15) is 0 Å². The number of nitrogens with one attached hydrogen (secondary N) is 1. The highest BCUT2D eigenvalue weighted by Gasteiger charge is 2.15. The van der Waals surface area contributed by atoms with Crippen LogP contribution in [0.3, 0.4) is 0 Å². The third-order valence-corrected chi connectivity index (χ3v) is 5.64. The zero-order chi connectivity index (χ0) is 20.6. The van der Waals surface area contributed by atoms with E-state index in [1.54, 1.807) is 18.5 Å². The molecule has 150 valence electrons. The first-order chi connectivity index (χ1) is 14.1. The van der Waals surface area contributed by atoms with Crippen molar-refractivity contribution in [2.75, 3.05) is 11.1 Å². The van der Waals surface area contributed by atoms with Crippen molar-refractivity contribution in [1.82, 2.24) is 19.7 Å². The molecule has 29 heavy (non-hydrogen) atoms. The maximum absolute atomic E-state index is 12.4. The number of hydrogen-bond acceptors (Lipinski definition) is 5. The van der Waals surface area contributed by atoms with Gasteiger partial charge in [0.05, 0.1) is 5.75 Å². The van der Waals surface area contributed by atoms with Gasteiger partial charge in [0.15, 0.2) is 11.0 Å². The topological polar surface area (TPSA) is 72.7 Å². The van der Waals surface area contributed by atoms with E-state index < -0.39 is 0 Å². The first kappa shape index (κ1) is 20.8. The highest BCUT2D eigenvalue weighted by atomic mass is 32.2. The molecule has 0 aliphatic carbocycles. The molecule has 0 saturated heterocycles. The van der Waals surface area contributed by atoms with E-state index in [-0.39, 0.29) is 11.7 Å². The van der Waals surface area contributed by atoms with E-state index in [2.05, 4.69) is 53.1 Å². The van der Waals surface area contributed by atoms with Gasteiger partial charge in [-0.15, -0.1) is 16.8 Å². The minimum Gasteiger partial charge on any atom is -0.325 e. The van der Waals surface area contributed by atoms with Crippen LogP contribution in [0.15, 0.2) is 66.6 Å². The van der Waals surface area contributed by atoms with Gasteiger partial charge in [0.2, 0.25) is 5.91 Å². The van der Waals surface area contributed by atoms with Crippen LogP contribution in [-0.4, -0.2) is 31.4 Å². The number of rotatable bonds is 9. The second-order valence-electron chi connectivity index (χ2n) is 6.71. The molecule has 2 heterocycles. The van der Waals surface area contributed by atoms with Crippen LogP contribution in [0.1, 0.15) is 31.7 Å². The fraction of sp³-hybridized carbons (Fsp3) is 0.273. The lowest BCUT2D eigenvalue weighted by molar-refractivity contribution is -0.113. The third-order valence-electron chi connectivity index (χ3n) is 4.68. The quantitative estimate of drug-likeness (QED) is 0.409. The predicted octanol–water partition coefficient (Wildman–Crippen LogP) is 4.77. The summed E-state index contributed by atoms with van der Waals surface area (Å²) in [4.78, 5) is 16.4. The normalized spacial score (nSPS) is 11.8. The van der Waals surface area contributed by atoms with E-state index in [1.807, 2.05) is 28.8 Å². The second-order valence-corrected chi connectivity index (χ2v) is 7.65. The van der Waals surface area contributed by atoms with Crippen LogP contribution < -0.4 is 5.32 Å². The van der Waals surface area contributed by atoms with Crippen LogP contribution in [0.4, 0.5) is 5.69 Å². The molecule has 1 amide bonds. The van der Waals surface area contributed by atoms with Gasteiger partial charge >= 0.3 is 0 Å². The monoisotopic (exact) mass is 407 g/mol. The molecule has 0 aliphatic heterocycles. The van der Waals surface area contributed by atoms with Gasteiger partial charge in [-0.05, 0) is 42.2 Å². The molecule has 1 aromatic carbocycles. The highest BCUT2D eigenvalue weighted by molar-refractivity contribution is 7.99. The van der Waals surface area contributed by atoms with Crippen LogP contribution >= 0.6 is 11.8 Å². The molecular weight excluding hydrogens is 382 g/mol. The Kier molecular flexibility index (Phi) is 7.19. The number of allylic oxidation sites excluding steroid dienone is 1. The van der Waals surface area contributed by atoms with E-state index in [9.17, 15) is 4.79 Å². The summed E-state index contributed by atoms with van der Waals surface area (Å²) in [6.07, 6.45) is 6.32. The Labute approximate surface area is 175 Å². The SMILES string of the molecule is C=CCn1c(SCC(=O)Nc2ccc([C@H](C)CC)cc2)nnc1-c1ccncc1. The lowest BCUT2D eigenvalue weighted by Gasteiger charge is -2.11. The van der Waals surface area contributed by atoms with Gasteiger partial charge in [-0.1, -0.05) is 43.8 Å². The van der Waals surface area contributed by atoms with Crippen molar-refractivity contribution in [3.63, 3.8) is 0 Å². The first-order valence-electron chi connectivity index (χ1n) is 9.59. The number of thioether (sulfide) groups is 1. The standard InChI is InChI=1S/C22H25N5OS/c1-4-14-27-21(18-10-12-23-13-11-18)25-26-22(27)29-15-20(28)24-19-8-6-17(7-9-19)16(3)5-2/h4,6-13,16H,1,5,14-15H2,2-3H3,(H,24,28)/t16-/m1/s1. The average molecular weight is 408 g/mol. The molecule has 3 aromatic rings. The first-order valence-corrected chi connectivity index (χ1v) is 10.6. The van der Waals surface area contributed by atoms with E-state index in [4.69, 9.17) is 0 Å². The number of anilines is 1. The Morgan fingerprint density at radius 3 is 2.59 bits per heavy atom. The third kappa shape index (κ3) is 5.32. The number of amides is 1. The van der Waals surface area contributed by atoms with Gasteiger partial charge in [0, 0.05) is 30.2 Å². The van der Waals surface area contributed by atoms with Crippen LogP contribution in [0, 0.1) is 0 Å². The van der Waals surface area contributed by atoms with Crippen molar-refractivity contribution >= 4 is 23.4 Å². The molecule has 3 rings (SSSR count). The van der Waals surface area contributed by atoms with Crippen molar-refractivity contribution in [3.05, 3.63) is 67.0 Å². The molecule has 0 unspecified atom stereocenters. The summed E-state index contributed by atoms with van der Waals surface area (Å²) < 4.78 is 1.95. The number of pyridine rings is 1. The molecule has 0 bridgehead atoms. The molecule has 7 heteroatoms. The molecule has 6 nitrogen and oxygen atoms in total. The number of nitrogens with zero attached hydrogens (tertiary/aromatic N) is 4. The molecule has 0 aliphatic rings. The number of benzene rings is 1. The fourth-order valence-electron chi connectivity index (χ4n) is 2.86. The molecule has 0 saturated carbocycles. The number of aromatic nitrogens is 4. The lowest BCUT2D eigenvalue weighted by atomic mass is 9.99. The van der Waals surface area contributed by atoms with Crippen molar-refractivity contribution in [2.24, 2.45) is 0 Å². The van der Waals surface area contributed by atoms with Crippen LogP contribution in [0.5, 0.6) is 0 Å². The number of hydrogen-bond donors (Lipinski definition) is 1. The zero-order valence-corrected chi connectivity index (χ0v) is 17.5. The summed E-state index contributed by atoms with van der Waals surface area (Å²) in [7, 11) is 0. The van der Waals surface area contributed by atoms with Gasteiger partial charge in [-0.2, -0.15) is 0 Å². The van der Waals surface area contributed by atoms with Crippen LogP contribution in [-0.2, 0) is 11.3 Å². The Hall–Kier alpha value is -2.93. The maximum Gasteiger partial charge on any atom is 0.234 e. The van der Waals surface area contributed by atoms with Crippen LogP contribution in [0.25, 0.3) is 11.4 Å².